The number of carboxylic acid groups (broad SMARTS) is 1. The highest BCUT2D eigenvalue weighted by atomic mass is 16.5. The zero-order chi connectivity index (χ0) is 29.8. The Hall–Kier alpha value is -3.64. The Kier molecular flexibility index (Phi) is 12.4. The molecule has 3 rings (SSSR count). The molecule has 1 atom stereocenters. The molecule has 3 aromatic carbocycles. The predicted molar refractivity (Wildman–Crippen MR) is 165 cm³/mol. The Morgan fingerprint density at radius 3 is 2.46 bits per heavy atom. The van der Waals surface area contributed by atoms with Crippen LogP contribution in [0.4, 0.5) is 5.69 Å². The van der Waals surface area contributed by atoms with Crippen LogP contribution in [0.25, 0.3) is 0 Å². The van der Waals surface area contributed by atoms with Crippen molar-refractivity contribution < 1.29 is 24.2 Å². The number of nitrogens with one attached hydrogen (secondary N) is 1. The highest BCUT2D eigenvalue weighted by Gasteiger charge is 2.17. The van der Waals surface area contributed by atoms with Crippen molar-refractivity contribution in [2.45, 2.75) is 85.9 Å². The molecule has 0 bridgehead atoms. The maximum absolute atomic E-state index is 13.2. The quantitative estimate of drug-likeness (QED) is 0.172. The van der Waals surface area contributed by atoms with Crippen molar-refractivity contribution in [1.82, 2.24) is 0 Å². The van der Waals surface area contributed by atoms with E-state index in [1.165, 1.54) is 17.5 Å². The van der Waals surface area contributed by atoms with Crippen molar-refractivity contribution in [3.8, 4) is 5.75 Å². The zero-order valence-electron chi connectivity index (χ0n) is 25.2. The molecule has 220 valence electrons. The van der Waals surface area contributed by atoms with Crippen LogP contribution < -0.4 is 10.1 Å². The summed E-state index contributed by atoms with van der Waals surface area (Å²) in [7, 11) is 0. The van der Waals surface area contributed by atoms with E-state index < -0.39 is 5.97 Å². The molecular formula is C35H45NO5. The number of hydrogen-bond acceptors (Lipinski definition) is 4. The van der Waals surface area contributed by atoms with E-state index in [-0.39, 0.29) is 25.0 Å². The Morgan fingerprint density at radius 2 is 1.73 bits per heavy atom. The van der Waals surface area contributed by atoms with Gasteiger partial charge < -0.3 is 19.9 Å². The summed E-state index contributed by atoms with van der Waals surface area (Å²) >= 11 is 0. The van der Waals surface area contributed by atoms with Crippen molar-refractivity contribution in [2.75, 3.05) is 11.9 Å². The van der Waals surface area contributed by atoms with Crippen molar-refractivity contribution in [3.63, 3.8) is 0 Å². The second-order valence-corrected chi connectivity index (χ2v) is 11.1. The molecule has 6 nitrogen and oxygen atoms in total. The molecule has 0 heterocycles. The van der Waals surface area contributed by atoms with Gasteiger partial charge in [-0.2, -0.15) is 0 Å². The number of hydrogen-bond donors (Lipinski definition) is 2. The summed E-state index contributed by atoms with van der Waals surface area (Å²) in [5, 5.41) is 11.9. The van der Waals surface area contributed by atoms with Crippen LogP contribution in [0, 0.1) is 19.8 Å². The van der Waals surface area contributed by atoms with Gasteiger partial charge in [0.05, 0.1) is 24.9 Å². The third-order valence-electron chi connectivity index (χ3n) is 7.40. The summed E-state index contributed by atoms with van der Waals surface area (Å²) in [6.45, 7) is 11.5. The summed E-state index contributed by atoms with van der Waals surface area (Å²) in [5.41, 5.74) is 6.91. The Morgan fingerprint density at radius 1 is 0.951 bits per heavy atom. The van der Waals surface area contributed by atoms with Crippen LogP contribution in [0.3, 0.4) is 0 Å². The maximum Gasteiger partial charge on any atom is 0.303 e. The average molecular weight is 560 g/mol. The fourth-order valence-electron chi connectivity index (χ4n) is 4.75. The van der Waals surface area contributed by atoms with Gasteiger partial charge in [0.2, 0.25) is 0 Å². The second kappa shape index (κ2) is 16.0. The van der Waals surface area contributed by atoms with Gasteiger partial charge in [-0.1, -0.05) is 69.7 Å². The first-order valence-electron chi connectivity index (χ1n) is 14.7. The monoisotopic (exact) mass is 559 g/mol. The van der Waals surface area contributed by atoms with Crippen LogP contribution in [-0.2, 0) is 22.6 Å². The first-order chi connectivity index (χ1) is 19.7. The smallest absolute Gasteiger partial charge is 0.303 e. The largest absolute Gasteiger partial charge is 0.493 e. The summed E-state index contributed by atoms with van der Waals surface area (Å²) < 4.78 is 12.2. The molecule has 6 heteroatoms. The molecule has 0 fully saturated rings. The first-order valence-corrected chi connectivity index (χ1v) is 14.7. The highest BCUT2D eigenvalue weighted by Crippen LogP contribution is 2.29. The predicted octanol–water partition coefficient (Wildman–Crippen LogP) is 8.45. The lowest BCUT2D eigenvalue weighted by Crippen LogP contribution is -2.15. The summed E-state index contributed by atoms with van der Waals surface area (Å²) in [5.74, 6) is -0.0268. The number of aryl methyl sites for hydroxylation is 1. The summed E-state index contributed by atoms with van der Waals surface area (Å²) in [6.07, 6.45) is 4.67. The number of ether oxygens (including phenoxy) is 2. The van der Waals surface area contributed by atoms with Crippen molar-refractivity contribution in [1.29, 1.82) is 0 Å². The number of aliphatic carboxylic acids is 1. The van der Waals surface area contributed by atoms with E-state index in [2.05, 4.69) is 57.3 Å². The highest BCUT2D eigenvalue weighted by molar-refractivity contribution is 6.06. The number of anilines is 1. The molecule has 0 aliphatic carbocycles. The number of carbonyl (C=O) groups is 2. The van der Waals surface area contributed by atoms with Gasteiger partial charge in [0.15, 0.2) is 0 Å². The molecule has 1 amide bonds. The lowest BCUT2D eigenvalue weighted by atomic mass is 9.97. The van der Waals surface area contributed by atoms with Gasteiger partial charge in [0.25, 0.3) is 5.91 Å². The molecule has 41 heavy (non-hydrogen) atoms. The van der Waals surface area contributed by atoms with Gasteiger partial charge in [-0.15, -0.1) is 0 Å². The minimum absolute atomic E-state index is 0.0206. The first kappa shape index (κ1) is 31.9. The number of para-hydroxylation sites is 1. The van der Waals surface area contributed by atoms with Crippen LogP contribution in [-0.4, -0.2) is 23.6 Å². The number of carbonyl (C=O) groups excluding carboxylic acids is 1. The maximum atomic E-state index is 13.2. The normalized spacial score (nSPS) is 11.9. The van der Waals surface area contributed by atoms with Crippen LogP contribution in [0.5, 0.6) is 5.75 Å². The molecule has 0 aliphatic heterocycles. The molecule has 1 unspecified atom stereocenters. The molecule has 2 N–H and O–H groups in total. The number of amides is 1. The van der Waals surface area contributed by atoms with Crippen molar-refractivity contribution in [3.05, 3.63) is 94.0 Å². The van der Waals surface area contributed by atoms with E-state index in [1.54, 1.807) is 24.3 Å². The molecule has 0 spiro atoms. The van der Waals surface area contributed by atoms with Crippen LogP contribution in [0.2, 0.25) is 0 Å². The minimum Gasteiger partial charge on any atom is -0.493 e. The fraction of sp³-hybridized carbons (Fsp3) is 0.429. The number of rotatable bonds is 16. The Balaban J connectivity index is 1.68. The number of benzene rings is 3. The third kappa shape index (κ3) is 9.75. The topological polar surface area (TPSA) is 84.9 Å². The molecule has 3 aromatic rings. The average Bonchev–Trinajstić information content (AvgIpc) is 2.95. The van der Waals surface area contributed by atoms with Crippen molar-refractivity contribution >= 4 is 17.6 Å². The van der Waals surface area contributed by atoms with Crippen LogP contribution in [0.1, 0.15) is 97.2 Å². The van der Waals surface area contributed by atoms with Gasteiger partial charge in [0, 0.05) is 12.1 Å². The van der Waals surface area contributed by atoms with Gasteiger partial charge >= 0.3 is 5.97 Å². The van der Waals surface area contributed by atoms with E-state index >= 15 is 0 Å². The van der Waals surface area contributed by atoms with Crippen LogP contribution in [0.15, 0.2) is 60.7 Å². The summed E-state index contributed by atoms with van der Waals surface area (Å²) in [6, 6.07) is 19.8. The van der Waals surface area contributed by atoms with E-state index in [4.69, 9.17) is 14.6 Å². The van der Waals surface area contributed by atoms with E-state index in [9.17, 15) is 9.59 Å². The molecular weight excluding hydrogens is 514 g/mol. The van der Waals surface area contributed by atoms with E-state index in [0.717, 1.165) is 41.6 Å². The van der Waals surface area contributed by atoms with E-state index in [0.29, 0.717) is 30.3 Å². The van der Waals surface area contributed by atoms with Gasteiger partial charge in [-0.25, -0.2) is 0 Å². The lowest BCUT2D eigenvalue weighted by molar-refractivity contribution is -0.137. The zero-order valence-corrected chi connectivity index (χ0v) is 25.2. The molecule has 0 aromatic heterocycles. The third-order valence-corrected chi connectivity index (χ3v) is 7.40. The fourth-order valence-corrected chi connectivity index (χ4v) is 4.75. The number of carboxylic acids is 1. The summed E-state index contributed by atoms with van der Waals surface area (Å²) in [4.78, 5) is 23.9. The molecule has 0 radical (unpaired) electrons. The lowest BCUT2D eigenvalue weighted by Gasteiger charge is -2.21. The minimum atomic E-state index is -0.869. The molecule has 0 aliphatic rings. The Labute approximate surface area is 245 Å². The Bertz CT molecular complexity index is 1300. The van der Waals surface area contributed by atoms with E-state index in [1.807, 2.05) is 19.1 Å². The molecule has 0 saturated heterocycles. The van der Waals surface area contributed by atoms with Gasteiger partial charge in [-0.05, 0) is 91.5 Å². The second-order valence-electron chi connectivity index (χ2n) is 11.1. The van der Waals surface area contributed by atoms with Gasteiger partial charge in [0.1, 0.15) is 5.75 Å². The van der Waals surface area contributed by atoms with Crippen LogP contribution >= 0.6 is 0 Å². The van der Waals surface area contributed by atoms with Gasteiger partial charge in [-0.3, -0.25) is 9.59 Å². The molecule has 0 saturated carbocycles. The standard InChI is InChI=1S/C35H45NO5/c1-6-11-32(28-13-9-12-27(22-28)18-17-24(2)3)41-23-29-19-20-31(26(5)25(29)4)36-35(39)30-14-7-8-15-33(30)40-21-10-16-34(37)38/h7-9,12-15,19-20,22,24,32H,6,10-11,16-18,21,23H2,1-5H3,(H,36,39)(H,37,38). The van der Waals surface area contributed by atoms with Crippen molar-refractivity contribution in [2.24, 2.45) is 5.92 Å². The SMILES string of the molecule is CCCC(OCc1ccc(NC(=O)c2ccccc2OCCCC(=O)O)c(C)c1C)c1cccc(CCC(C)C)c1.